The van der Waals surface area contributed by atoms with Gasteiger partial charge in [-0.15, -0.1) is 0 Å². The third kappa shape index (κ3) is 5.46. The molecule has 0 saturated heterocycles. The zero-order valence-electron chi connectivity index (χ0n) is 19.3. The number of aromatic amines is 1. The van der Waals surface area contributed by atoms with Crippen LogP contribution >= 0.6 is 0 Å². The summed E-state index contributed by atoms with van der Waals surface area (Å²) in [5.74, 6) is -1.82. The van der Waals surface area contributed by atoms with Crippen LogP contribution in [0.3, 0.4) is 0 Å². The number of aromatic nitrogens is 6. The molecule has 0 bridgehead atoms. The molecule has 0 fully saturated rings. The van der Waals surface area contributed by atoms with Gasteiger partial charge in [0.2, 0.25) is 5.91 Å². The third-order valence-electron chi connectivity index (χ3n) is 5.25. The van der Waals surface area contributed by atoms with Crippen LogP contribution in [-0.2, 0) is 21.4 Å². The number of carbonyl (C=O) groups is 2. The van der Waals surface area contributed by atoms with Crippen molar-refractivity contribution in [3.63, 3.8) is 0 Å². The molecule has 0 atom stereocenters. The van der Waals surface area contributed by atoms with Gasteiger partial charge in [0.05, 0.1) is 10.6 Å². The van der Waals surface area contributed by atoms with Gasteiger partial charge in [0.1, 0.15) is 36.1 Å². The quantitative estimate of drug-likeness (QED) is 0.234. The van der Waals surface area contributed by atoms with Crippen molar-refractivity contribution in [1.82, 2.24) is 30.2 Å². The van der Waals surface area contributed by atoms with E-state index in [-0.39, 0.29) is 34.1 Å². The minimum Gasteiger partial charge on any atom is -0.322 e. The fourth-order valence-corrected chi connectivity index (χ4v) is 4.55. The average Bonchev–Trinajstić information content (AvgIpc) is 3.57. The fourth-order valence-electron chi connectivity index (χ4n) is 3.48. The lowest BCUT2D eigenvalue weighted by molar-refractivity contribution is -0.116. The lowest BCUT2D eigenvalue weighted by Gasteiger charge is -2.12. The van der Waals surface area contributed by atoms with Gasteiger partial charge in [-0.05, 0) is 54.6 Å². The lowest BCUT2D eigenvalue weighted by Crippen LogP contribution is -2.20. The summed E-state index contributed by atoms with van der Waals surface area (Å²) in [7, 11) is -3.98. The zero-order chi connectivity index (χ0) is 26.7. The number of H-pyrrole nitrogens is 1. The first-order valence-electron chi connectivity index (χ1n) is 10.9. The van der Waals surface area contributed by atoms with Gasteiger partial charge >= 0.3 is 0 Å². The second-order valence-electron chi connectivity index (χ2n) is 7.95. The van der Waals surface area contributed by atoms with E-state index < -0.39 is 27.7 Å². The molecule has 38 heavy (non-hydrogen) atoms. The van der Waals surface area contributed by atoms with Gasteiger partial charge < -0.3 is 10.6 Å². The maximum atomic E-state index is 14.3. The van der Waals surface area contributed by atoms with Gasteiger partial charge in [0.15, 0.2) is 0 Å². The summed E-state index contributed by atoms with van der Waals surface area (Å²) >= 11 is 0. The maximum Gasteiger partial charge on any atom is 0.261 e. The lowest BCUT2D eigenvalue weighted by atomic mass is 10.2. The van der Waals surface area contributed by atoms with Crippen LogP contribution in [0.5, 0.6) is 0 Å². The van der Waals surface area contributed by atoms with Gasteiger partial charge in [0, 0.05) is 16.9 Å². The summed E-state index contributed by atoms with van der Waals surface area (Å²) < 4.78 is 43.6. The molecule has 0 radical (unpaired) electrons. The van der Waals surface area contributed by atoms with Crippen LogP contribution in [0.25, 0.3) is 11.0 Å². The molecular weight excluding hydrogens is 517 g/mol. The summed E-state index contributed by atoms with van der Waals surface area (Å²) in [4.78, 5) is 28.7. The molecule has 192 valence electrons. The van der Waals surface area contributed by atoms with Crippen molar-refractivity contribution in [3.05, 3.63) is 84.7 Å². The normalized spacial score (nSPS) is 11.3. The topological polar surface area (TPSA) is 177 Å². The Morgan fingerprint density at radius 1 is 0.947 bits per heavy atom. The summed E-state index contributed by atoms with van der Waals surface area (Å²) in [5, 5.41) is 19.0. The number of nitrogens with zero attached hydrogens (tertiary/aromatic N) is 5. The molecule has 2 aromatic heterocycles. The highest BCUT2D eigenvalue weighted by molar-refractivity contribution is 7.92. The smallest absolute Gasteiger partial charge is 0.261 e. The zero-order valence-corrected chi connectivity index (χ0v) is 20.1. The number of benzene rings is 3. The molecule has 2 heterocycles. The number of hydrogen-bond donors (Lipinski definition) is 4. The standard InChI is InChI=1S/C23H18FN9O4S/c24-18-6-4-15(9-20(18)28-22(34)11-33-13-25-12-26-33)27-23(35)14-2-1-3-16(8-14)31-38(36,37)17-5-7-19-21(10-17)30-32-29-19/h1-10,12-13,31H,11H2,(H,27,35)(H,28,34)(H,29,30,32). The summed E-state index contributed by atoms with van der Waals surface area (Å²) in [6.45, 7) is -0.175. The van der Waals surface area contributed by atoms with Crippen molar-refractivity contribution in [2.45, 2.75) is 11.4 Å². The molecule has 3 aromatic carbocycles. The average molecular weight is 536 g/mol. The molecule has 0 aliphatic rings. The van der Waals surface area contributed by atoms with E-state index >= 15 is 0 Å². The Bertz CT molecular complexity index is 1750. The van der Waals surface area contributed by atoms with Crippen LogP contribution in [0, 0.1) is 5.82 Å². The molecular formula is C23H18FN9O4S. The van der Waals surface area contributed by atoms with E-state index in [1.807, 2.05) is 0 Å². The Hall–Kier alpha value is -5.18. The largest absolute Gasteiger partial charge is 0.322 e. The molecule has 5 rings (SSSR count). The van der Waals surface area contributed by atoms with Crippen LogP contribution in [0.2, 0.25) is 0 Å². The van der Waals surface area contributed by atoms with Crippen LogP contribution in [0.1, 0.15) is 10.4 Å². The predicted molar refractivity (Wildman–Crippen MR) is 134 cm³/mol. The van der Waals surface area contributed by atoms with Crippen molar-refractivity contribution < 1.29 is 22.4 Å². The number of nitrogens with one attached hydrogen (secondary N) is 4. The number of carbonyl (C=O) groups excluding carboxylic acids is 2. The SMILES string of the molecule is O=C(Cn1cncn1)Nc1cc(NC(=O)c2cccc(NS(=O)(=O)c3ccc4n[nH]nc4c3)c2)ccc1F. The van der Waals surface area contributed by atoms with Crippen LogP contribution in [0.15, 0.2) is 78.2 Å². The van der Waals surface area contributed by atoms with Gasteiger partial charge in [-0.1, -0.05) is 6.07 Å². The van der Waals surface area contributed by atoms with E-state index in [9.17, 15) is 22.4 Å². The molecule has 0 aliphatic carbocycles. The number of anilines is 3. The molecule has 4 N–H and O–H groups in total. The van der Waals surface area contributed by atoms with Crippen LogP contribution < -0.4 is 15.4 Å². The molecule has 0 aliphatic heterocycles. The van der Waals surface area contributed by atoms with Crippen molar-refractivity contribution in [1.29, 1.82) is 0 Å². The Morgan fingerprint density at radius 3 is 2.61 bits per heavy atom. The van der Waals surface area contributed by atoms with Crippen LogP contribution in [0.4, 0.5) is 21.5 Å². The van der Waals surface area contributed by atoms with Crippen molar-refractivity contribution in [2.75, 3.05) is 15.4 Å². The summed E-state index contributed by atoms with van der Waals surface area (Å²) in [5.41, 5.74) is 1.25. The van der Waals surface area contributed by atoms with E-state index in [0.717, 1.165) is 6.07 Å². The molecule has 15 heteroatoms. The fraction of sp³-hybridized carbons (Fsp3) is 0.0435. The van der Waals surface area contributed by atoms with E-state index in [4.69, 9.17) is 0 Å². The number of fused-ring (bicyclic) bond motifs is 1. The van der Waals surface area contributed by atoms with Gasteiger partial charge in [-0.25, -0.2) is 22.5 Å². The Morgan fingerprint density at radius 2 is 1.79 bits per heavy atom. The second-order valence-corrected chi connectivity index (χ2v) is 9.63. The second kappa shape index (κ2) is 10.1. The highest BCUT2D eigenvalue weighted by Crippen LogP contribution is 2.23. The van der Waals surface area contributed by atoms with Crippen LogP contribution in [-0.4, -0.2) is 50.4 Å². The molecule has 0 unspecified atom stereocenters. The summed E-state index contributed by atoms with van der Waals surface area (Å²) in [6, 6.07) is 13.8. The van der Waals surface area contributed by atoms with E-state index in [2.05, 4.69) is 40.8 Å². The number of rotatable bonds is 8. The number of hydrogen-bond acceptors (Lipinski definition) is 8. The molecule has 2 amide bonds. The number of halogens is 1. The minimum absolute atomic E-state index is 0.0292. The minimum atomic E-state index is -3.98. The van der Waals surface area contributed by atoms with Crippen molar-refractivity contribution in [3.8, 4) is 0 Å². The van der Waals surface area contributed by atoms with Gasteiger partial charge in [0.25, 0.3) is 15.9 Å². The van der Waals surface area contributed by atoms with E-state index in [1.54, 1.807) is 0 Å². The first-order valence-corrected chi connectivity index (χ1v) is 12.4. The number of amides is 2. The molecule has 0 spiro atoms. The highest BCUT2D eigenvalue weighted by Gasteiger charge is 2.17. The third-order valence-corrected chi connectivity index (χ3v) is 6.62. The first kappa shape index (κ1) is 24.5. The Labute approximate surface area is 214 Å². The molecule has 0 saturated carbocycles. The Kier molecular flexibility index (Phi) is 6.49. The van der Waals surface area contributed by atoms with E-state index in [0.29, 0.717) is 11.0 Å². The van der Waals surface area contributed by atoms with Crippen molar-refractivity contribution >= 4 is 49.9 Å². The molecule has 5 aromatic rings. The van der Waals surface area contributed by atoms with Gasteiger partial charge in [-0.2, -0.15) is 20.5 Å². The highest BCUT2D eigenvalue weighted by atomic mass is 32.2. The first-order chi connectivity index (χ1) is 18.3. The van der Waals surface area contributed by atoms with Gasteiger partial charge in [-0.3, -0.25) is 14.3 Å². The van der Waals surface area contributed by atoms with E-state index in [1.165, 1.54) is 71.9 Å². The number of sulfonamides is 1. The van der Waals surface area contributed by atoms with Crippen molar-refractivity contribution in [2.24, 2.45) is 0 Å². The predicted octanol–water partition coefficient (Wildman–Crippen LogP) is 2.38. The summed E-state index contributed by atoms with van der Waals surface area (Å²) in [6.07, 6.45) is 2.61. The molecule has 13 nitrogen and oxygen atoms in total. The maximum absolute atomic E-state index is 14.3. The Balaban J connectivity index is 1.28. The monoisotopic (exact) mass is 535 g/mol.